The van der Waals surface area contributed by atoms with Crippen LogP contribution in [-0.2, 0) is 4.79 Å². The van der Waals surface area contributed by atoms with Crippen LogP contribution < -0.4 is 4.90 Å². The number of fused-ring (bicyclic) bond motifs is 2. The summed E-state index contributed by atoms with van der Waals surface area (Å²) in [6.45, 7) is 3.55. The summed E-state index contributed by atoms with van der Waals surface area (Å²) in [5.41, 5.74) is 0.901. The highest BCUT2D eigenvalue weighted by atomic mass is 16.2. The predicted molar refractivity (Wildman–Crippen MR) is 85.1 cm³/mol. The standard InChI is InChI=1S/C18H15NO/c1-3-18(20)19(2)17-10-6-9-15-11-13-7-4-5-8-14(13)12-16(15)17/h3-12H,1H2,2H3. The Morgan fingerprint density at radius 3 is 2.35 bits per heavy atom. The summed E-state index contributed by atoms with van der Waals surface area (Å²) in [6, 6.07) is 18.5. The molecule has 0 spiro atoms. The Labute approximate surface area is 117 Å². The maximum Gasteiger partial charge on any atom is 0.250 e. The van der Waals surface area contributed by atoms with E-state index in [-0.39, 0.29) is 5.91 Å². The highest BCUT2D eigenvalue weighted by Crippen LogP contribution is 2.30. The monoisotopic (exact) mass is 261 g/mol. The molecule has 0 fully saturated rings. The van der Waals surface area contributed by atoms with Crippen LogP contribution in [0.1, 0.15) is 0 Å². The summed E-state index contributed by atoms with van der Waals surface area (Å²) in [7, 11) is 1.77. The Morgan fingerprint density at radius 2 is 1.65 bits per heavy atom. The van der Waals surface area contributed by atoms with Crippen molar-refractivity contribution < 1.29 is 4.79 Å². The third-order valence-electron chi connectivity index (χ3n) is 3.59. The number of likely N-dealkylation sites (N-methyl/N-ethyl adjacent to an activating group) is 1. The zero-order chi connectivity index (χ0) is 14.1. The van der Waals surface area contributed by atoms with Crippen LogP contribution in [-0.4, -0.2) is 13.0 Å². The molecule has 0 radical (unpaired) electrons. The van der Waals surface area contributed by atoms with Gasteiger partial charge in [0.2, 0.25) is 5.91 Å². The van der Waals surface area contributed by atoms with Crippen LogP contribution in [0.15, 0.2) is 67.3 Å². The van der Waals surface area contributed by atoms with Gasteiger partial charge in [-0.2, -0.15) is 0 Å². The molecule has 0 aliphatic rings. The van der Waals surface area contributed by atoms with Gasteiger partial charge in [0.05, 0.1) is 5.69 Å². The van der Waals surface area contributed by atoms with Gasteiger partial charge in [0.25, 0.3) is 0 Å². The molecule has 0 N–H and O–H groups in total. The Bertz CT molecular complexity index is 820. The van der Waals surface area contributed by atoms with E-state index in [1.807, 2.05) is 24.3 Å². The first-order valence-corrected chi connectivity index (χ1v) is 6.52. The van der Waals surface area contributed by atoms with Crippen molar-refractivity contribution >= 4 is 33.1 Å². The van der Waals surface area contributed by atoms with Gasteiger partial charge >= 0.3 is 0 Å². The molecule has 0 aliphatic heterocycles. The molecule has 0 atom stereocenters. The van der Waals surface area contributed by atoms with Crippen LogP contribution in [0.3, 0.4) is 0 Å². The number of nitrogens with zero attached hydrogens (tertiary/aromatic N) is 1. The topological polar surface area (TPSA) is 20.3 Å². The molecule has 0 aliphatic carbocycles. The number of hydrogen-bond acceptors (Lipinski definition) is 1. The third kappa shape index (κ3) is 1.95. The molecule has 1 amide bonds. The number of carbonyl (C=O) groups excluding carboxylic acids is 1. The number of amides is 1. The minimum absolute atomic E-state index is 0.106. The van der Waals surface area contributed by atoms with Crippen molar-refractivity contribution in [2.45, 2.75) is 0 Å². The second-order valence-electron chi connectivity index (χ2n) is 4.80. The first-order chi connectivity index (χ1) is 9.70. The van der Waals surface area contributed by atoms with Crippen LogP contribution in [0.5, 0.6) is 0 Å². The molecule has 2 heteroatoms. The van der Waals surface area contributed by atoms with Crippen molar-refractivity contribution in [1.29, 1.82) is 0 Å². The quantitative estimate of drug-likeness (QED) is 0.501. The zero-order valence-corrected chi connectivity index (χ0v) is 11.3. The summed E-state index contributed by atoms with van der Waals surface area (Å²) in [6.07, 6.45) is 1.33. The molecule has 0 saturated carbocycles. The first-order valence-electron chi connectivity index (χ1n) is 6.52. The fraction of sp³-hybridized carbons (Fsp3) is 0.0556. The minimum atomic E-state index is -0.106. The average molecular weight is 261 g/mol. The molecule has 3 rings (SSSR count). The molecule has 3 aromatic carbocycles. The van der Waals surface area contributed by atoms with Gasteiger partial charge in [0, 0.05) is 12.4 Å². The van der Waals surface area contributed by atoms with Crippen LogP contribution in [0.2, 0.25) is 0 Å². The van der Waals surface area contributed by atoms with Crippen molar-refractivity contribution in [1.82, 2.24) is 0 Å². The van der Waals surface area contributed by atoms with Gasteiger partial charge in [-0.15, -0.1) is 0 Å². The molecule has 0 saturated heterocycles. The largest absolute Gasteiger partial charge is 0.311 e. The van der Waals surface area contributed by atoms with E-state index in [1.165, 1.54) is 16.8 Å². The van der Waals surface area contributed by atoms with Crippen LogP contribution in [0, 0.1) is 0 Å². The average Bonchev–Trinajstić information content (AvgIpc) is 2.50. The summed E-state index contributed by atoms with van der Waals surface area (Å²) >= 11 is 0. The van der Waals surface area contributed by atoms with Crippen LogP contribution in [0.25, 0.3) is 21.5 Å². The Balaban J connectivity index is 2.30. The van der Waals surface area contributed by atoms with Gasteiger partial charge in [0.15, 0.2) is 0 Å². The van der Waals surface area contributed by atoms with E-state index in [4.69, 9.17) is 0 Å². The van der Waals surface area contributed by atoms with Gasteiger partial charge in [-0.25, -0.2) is 0 Å². The fourth-order valence-electron chi connectivity index (χ4n) is 2.50. The molecule has 98 valence electrons. The van der Waals surface area contributed by atoms with E-state index in [0.717, 1.165) is 16.5 Å². The lowest BCUT2D eigenvalue weighted by Crippen LogP contribution is -2.23. The Hall–Kier alpha value is -2.61. The number of carbonyl (C=O) groups is 1. The van der Waals surface area contributed by atoms with Gasteiger partial charge in [0.1, 0.15) is 0 Å². The Kier molecular flexibility index (Phi) is 2.99. The lowest BCUT2D eigenvalue weighted by Gasteiger charge is -2.18. The SMILES string of the molecule is C=CC(=O)N(C)c1cccc2cc3ccccc3cc12. The van der Waals surface area contributed by atoms with Crippen molar-refractivity contribution in [2.24, 2.45) is 0 Å². The van der Waals surface area contributed by atoms with E-state index < -0.39 is 0 Å². The van der Waals surface area contributed by atoms with E-state index in [2.05, 4.69) is 36.9 Å². The maximum absolute atomic E-state index is 11.8. The third-order valence-corrected chi connectivity index (χ3v) is 3.59. The number of benzene rings is 3. The normalized spacial score (nSPS) is 10.7. The molecule has 0 bridgehead atoms. The molecule has 2 nitrogen and oxygen atoms in total. The highest BCUT2D eigenvalue weighted by Gasteiger charge is 2.11. The molecule has 0 unspecified atom stereocenters. The van der Waals surface area contributed by atoms with Crippen LogP contribution in [0.4, 0.5) is 5.69 Å². The van der Waals surface area contributed by atoms with Gasteiger partial charge < -0.3 is 4.90 Å². The Morgan fingerprint density at radius 1 is 1.00 bits per heavy atom. The molecule has 20 heavy (non-hydrogen) atoms. The molecular weight excluding hydrogens is 246 g/mol. The van der Waals surface area contributed by atoms with Crippen molar-refractivity contribution in [2.75, 3.05) is 11.9 Å². The fourth-order valence-corrected chi connectivity index (χ4v) is 2.50. The minimum Gasteiger partial charge on any atom is -0.311 e. The summed E-state index contributed by atoms with van der Waals surface area (Å²) in [5, 5.41) is 4.58. The van der Waals surface area contributed by atoms with Crippen molar-refractivity contribution in [3.63, 3.8) is 0 Å². The lowest BCUT2D eigenvalue weighted by molar-refractivity contribution is -0.113. The lowest BCUT2D eigenvalue weighted by atomic mass is 10.0. The molecule has 0 aromatic heterocycles. The van der Waals surface area contributed by atoms with Crippen molar-refractivity contribution in [3.8, 4) is 0 Å². The van der Waals surface area contributed by atoms with E-state index in [0.29, 0.717) is 0 Å². The highest BCUT2D eigenvalue weighted by molar-refractivity contribution is 6.10. The van der Waals surface area contributed by atoms with Gasteiger partial charge in [-0.1, -0.05) is 43.0 Å². The van der Waals surface area contributed by atoms with E-state index >= 15 is 0 Å². The predicted octanol–water partition coefficient (Wildman–Crippen LogP) is 4.14. The smallest absolute Gasteiger partial charge is 0.250 e. The van der Waals surface area contributed by atoms with Crippen LogP contribution >= 0.6 is 0 Å². The second kappa shape index (κ2) is 4.82. The van der Waals surface area contributed by atoms with E-state index in [1.54, 1.807) is 11.9 Å². The molecule has 0 heterocycles. The summed E-state index contributed by atoms with van der Waals surface area (Å²) in [4.78, 5) is 13.5. The summed E-state index contributed by atoms with van der Waals surface area (Å²) in [5.74, 6) is -0.106. The van der Waals surface area contributed by atoms with Gasteiger partial charge in [-0.3, -0.25) is 4.79 Å². The number of anilines is 1. The first kappa shape index (κ1) is 12.4. The maximum atomic E-state index is 11.8. The molecule has 3 aromatic rings. The van der Waals surface area contributed by atoms with Crippen molar-refractivity contribution in [3.05, 3.63) is 67.3 Å². The zero-order valence-electron chi connectivity index (χ0n) is 11.3. The number of rotatable bonds is 2. The van der Waals surface area contributed by atoms with Gasteiger partial charge in [-0.05, 0) is 40.4 Å². The summed E-state index contributed by atoms with van der Waals surface area (Å²) < 4.78 is 0. The number of hydrogen-bond donors (Lipinski definition) is 0. The second-order valence-corrected chi connectivity index (χ2v) is 4.80. The molecular formula is C18H15NO. The van der Waals surface area contributed by atoms with E-state index in [9.17, 15) is 4.79 Å².